The molecule has 2 atom stereocenters. The topological polar surface area (TPSA) is 90.5 Å². The number of benzene rings is 1. The summed E-state index contributed by atoms with van der Waals surface area (Å²) in [7, 11) is 0. The van der Waals surface area contributed by atoms with Crippen molar-refractivity contribution >= 4 is 17.7 Å². The highest BCUT2D eigenvalue weighted by Gasteiger charge is 2.39. The molecule has 3 amide bonds. The third-order valence-electron chi connectivity index (χ3n) is 6.23. The number of hydrogen-bond donors (Lipinski definition) is 3. The third-order valence-corrected chi connectivity index (χ3v) is 6.23. The van der Waals surface area contributed by atoms with Crippen LogP contribution in [0.25, 0.3) is 0 Å². The van der Waals surface area contributed by atoms with Crippen LogP contribution in [-0.4, -0.2) is 48.3 Å². The Morgan fingerprint density at radius 2 is 2.07 bits per heavy atom. The van der Waals surface area contributed by atoms with Crippen LogP contribution in [0.1, 0.15) is 54.6 Å². The van der Waals surface area contributed by atoms with E-state index in [2.05, 4.69) is 35.9 Å². The standard InChI is InChI=1S/C22H30N4O3/c1-22(2)8-15(11-24-13-22)10-23-9-14-3-4-17-16(7-14)12-26(21(17)29)18-5-6-19(27)25-20(18)28/h3-4,7,15,18,23-24H,5-6,8-13H2,1-2H3,(H,25,27,28). The molecule has 3 aliphatic rings. The van der Waals surface area contributed by atoms with E-state index in [1.54, 1.807) is 4.90 Å². The summed E-state index contributed by atoms with van der Waals surface area (Å²) in [5, 5.41) is 9.42. The molecule has 29 heavy (non-hydrogen) atoms. The van der Waals surface area contributed by atoms with Crippen LogP contribution in [0.2, 0.25) is 0 Å². The Labute approximate surface area is 171 Å². The molecule has 0 radical (unpaired) electrons. The zero-order chi connectivity index (χ0) is 20.6. The quantitative estimate of drug-likeness (QED) is 0.648. The van der Waals surface area contributed by atoms with Gasteiger partial charge in [0.15, 0.2) is 0 Å². The van der Waals surface area contributed by atoms with Crippen molar-refractivity contribution in [3.05, 3.63) is 34.9 Å². The predicted molar refractivity (Wildman–Crippen MR) is 109 cm³/mol. The van der Waals surface area contributed by atoms with E-state index < -0.39 is 6.04 Å². The number of amides is 3. The SMILES string of the molecule is CC1(C)CNCC(CNCc2ccc3c(c2)CN(C2CCC(=O)NC2=O)C3=O)C1. The first-order valence-corrected chi connectivity index (χ1v) is 10.5. The maximum absolute atomic E-state index is 12.8. The van der Waals surface area contributed by atoms with Gasteiger partial charge in [0.2, 0.25) is 11.8 Å². The normalized spacial score (nSPS) is 26.4. The number of imide groups is 1. The van der Waals surface area contributed by atoms with Crippen molar-refractivity contribution in [2.45, 2.75) is 52.2 Å². The minimum absolute atomic E-state index is 0.121. The molecule has 156 valence electrons. The molecule has 0 saturated carbocycles. The average Bonchev–Trinajstić information content (AvgIpc) is 2.97. The summed E-state index contributed by atoms with van der Waals surface area (Å²) >= 11 is 0. The lowest BCUT2D eigenvalue weighted by molar-refractivity contribution is -0.136. The van der Waals surface area contributed by atoms with Crippen LogP contribution in [0.4, 0.5) is 0 Å². The molecule has 4 rings (SSSR count). The number of hydrogen-bond acceptors (Lipinski definition) is 5. The van der Waals surface area contributed by atoms with Gasteiger partial charge in [0.1, 0.15) is 6.04 Å². The van der Waals surface area contributed by atoms with E-state index in [-0.39, 0.29) is 24.1 Å². The monoisotopic (exact) mass is 398 g/mol. The molecule has 2 unspecified atom stereocenters. The number of piperidine rings is 2. The Hall–Kier alpha value is -2.25. The van der Waals surface area contributed by atoms with Gasteiger partial charge in [-0.1, -0.05) is 26.0 Å². The van der Waals surface area contributed by atoms with Crippen LogP contribution in [0.5, 0.6) is 0 Å². The van der Waals surface area contributed by atoms with Crippen LogP contribution in [0.15, 0.2) is 18.2 Å². The minimum Gasteiger partial charge on any atom is -0.322 e. The Kier molecular flexibility index (Phi) is 5.44. The van der Waals surface area contributed by atoms with E-state index in [4.69, 9.17) is 0 Å². The molecule has 0 aliphatic carbocycles. The molecule has 2 fully saturated rings. The van der Waals surface area contributed by atoms with Crippen LogP contribution < -0.4 is 16.0 Å². The van der Waals surface area contributed by atoms with Crippen LogP contribution in [-0.2, 0) is 22.7 Å². The largest absolute Gasteiger partial charge is 0.322 e. The summed E-state index contributed by atoms with van der Waals surface area (Å²) in [6.07, 6.45) is 1.88. The summed E-state index contributed by atoms with van der Waals surface area (Å²) < 4.78 is 0. The van der Waals surface area contributed by atoms with Crippen molar-refractivity contribution < 1.29 is 14.4 Å². The molecule has 0 bridgehead atoms. The minimum atomic E-state index is -0.559. The van der Waals surface area contributed by atoms with Crippen LogP contribution >= 0.6 is 0 Å². The maximum Gasteiger partial charge on any atom is 0.255 e. The number of carbonyl (C=O) groups is 3. The second-order valence-electron chi connectivity index (χ2n) is 9.39. The molecule has 1 aromatic rings. The zero-order valence-electron chi connectivity index (χ0n) is 17.2. The maximum atomic E-state index is 12.8. The Morgan fingerprint density at radius 3 is 2.83 bits per heavy atom. The van der Waals surface area contributed by atoms with Gasteiger partial charge in [-0.3, -0.25) is 19.7 Å². The summed E-state index contributed by atoms with van der Waals surface area (Å²) in [4.78, 5) is 37.9. The van der Waals surface area contributed by atoms with E-state index in [0.717, 1.165) is 37.3 Å². The second-order valence-corrected chi connectivity index (χ2v) is 9.39. The van der Waals surface area contributed by atoms with Crippen molar-refractivity contribution in [2.75, 3.05) is 19.6 Å². The molecular formula is C22H30N4O3. The lowest BCUT2D eigenvalue weighted by Crippen LogP contribution is -2.52. The van der Waals surface area contributed by atoms with Crippen molar-refractivity contribution in [1.82, 2.24) is 20.9 Å². The highest BCUT2D eigenvalue weighted by molar-refractivity contribution is 6.05. The number of nitrogens with one attached hydrogen (secondary N) is 3. The van der Waals surface area contributed by atoms with E-state index in [0.29, 0.717) is 29.9 Å². The fourth-order valence-electron chi connectivity index (χ4n) is 4.84. The van der Waals surface area contributed by atoms with Gasteiger partial charge in [-0.05, 0) is 54.5 Å². The van der Waals surface area contributed by atoms with Crippen LogP contribution in [0, 0.1) is 11.3 Å². The second kappa shape index (κ2) is 7.88. The first kappa shape index (κ1) is 20.0. The first-order valence-electron chi connectivity index (χ1n) is 10.5. The molecule has 3 N–H and O–H groups in total. The Morgan fingerprint density at radius 1 is 1.24 bits per heavy atom. The molecule has 7 heteroatoms. The van der Waals surface area contributed by atoms with E-state index in [1.807, 2.05) is 12.1 Å². The van der Waals surface area contributed by atoms with Gasteiger partial charge in [-0.15, -0.1) is 0 Å². The lowest BCUT2D eigenvalue weighted by Gasteiger charge is -2.36. The summed E-state index contributed by atoms with van der Waals surface area (Å²) in [5.74, 6) is -0.129. The van der Waals surface area contributed by atoms with Gasteiger partial charge in [0.25, 0.3) is 5.91 Å². The molecule has 1 aromatic carbocycles. The van der Waals surface area contributed by atoms with Gasteiger partial charge in [0.05, 0.1) is 0 Å². The molecule has 3 heterocycles. The van der Waals surface area contributed by atoms with Crippen molar-refractivity contribution in [3.63, 3.8) is 0 Å². The van der Waals surface area contributed by atoms with Crippen molar-refractivity contribution in [2.24, 2.45) is 11.3 Å². The molecule has 7 nitrogen and oxygen atoms in total. The summed E-state index contributed by atoms with van der Waals surface area (Å²) in [6, 6.07) is 5.36. The highest BCUT2D eigenvalue weighted by Crippen LogP contribution is 2.29. The molecule has 0 spiro atoms. The van der Waals surface area contributed by atoms with Crippen molar-refractivity contribution in [1.29, 1.82) is 0 Å². The molecule has 0 aromatic heterocycles. The van der Waals surface area contributed by atoms with E-state index in [1.165, 1.54) is 6.42 Å². The lowest BCUT2D eigenvalue weighted by atomic mass is 9.79. The van der Waals surface area contributed by atoms with Gasteiger partial charge in [-0.25, -0.2) is 0 Å². The van der Waals surface area contributed by atoms with E-state index >= 15 is 0 Å². The number of fused-ring (bicyclic) bond motifs is 1. The average molecular weight is 399 g/mol. The molecular weight excluding hydrogens is 368 g/mol. The predicted octanol–water partition coefficient (Wildman–Crippen LogP) is 1.17. The summed E-state index contributed by atoms with van der Waals surface area (Å²) in [6.45, 7) is 8.89. The molecule has 3 aliphatic heterocycles. The zero-order valence-corrected chi connectivity index (χ0v) is 17.2. The fourth-order valence-corrected chi connectivity index (χ4v) is 4.84. The van der Waals surface area contributed by atoms with Gasteiger partial charge in [0, 0.05) is 31.6 Å². The highest BCUT2D eigenvalue weighted by atomic mass is 16.2. The van der Waals surface area contributed by atoms with Crippen molar-refractivity contribution in [3.8, 4) is 0 Å². The number of carbonyl (C=O) groups excluding carboxylic acids is 3. The van der Waals surface area contributed by atoms with E-state index in [9.17, 15) is 14.4 Å². The van der Waals surface area contributed by atoms with Gasteiger partial charge in [-0.2, -0.15) is 0 Å². The number of rotatable bonds is 5. The Balaban J connectivity index is 1.35. The smallest absolute Gasteiger partial charge is 0.255 e. The van der Waals surface area contributed by atoms with Crippen LogP contribution in [0.3, 0.4) is 0 Å². The molecule has 2 saturated heterocycles. The fraction of sp³-hybridized carbons (Fsp3) is 0.591. The summed E-state index contributed by atoms with van der Waals surface area (Å²) in [5.41, 5.74) is 3.11. The van der Waals surface area contributed by atoms with Gasteiger partial charge >= 0.3 is 0 Å². The number of nitrogens with zero attached hydrogens (tertiary/aromatic N) is 1. The first-order chi connectivity index (χ1) is 13.8. The third kappa shape index (κ3) is 4.36. The van der Waals surface area contributed by atoms with Gasteiger partial charge < -0.3 is 15.5 Å². The Bertz CT molecular complexity index is 835.